The van der Waals surface area contributed by atoms with E-state index in [9.17, 15) is 4.79 Å². The molecule has 0 aromatic heterocycles. The zero-order chi connectivity index (χ0) is 17.4. The number of nitrogens with zero attached hydrogens (tertiary/aromatic N) is 1. The first kappa shape index (κ1) is 18.1. The molecule has 6 nitrogen and oxygen atoms in total. The number of aryl methyl sites for hydroxylation is 1. The second-order valence-electron chi connectivity index (χ2n) is 6.06. The lowest BCUT2D eigenvalue weighted by atomic mass is 10.1. The molecule has 24 heavy (non-hydrogen) atoms. The summed E-state index contributed by atoms with van der Waals surface area (Å²) in [7, 11) is 3.43. The van der Waals surface area contributed by atoms with Crippen molar-refractivity contribution in [2.24, 2.45) is 10.9 Å². The minimum atomic E-state index is 0.172. The molecule has 1 aliphatic carbocycles. The van der Waals surface area contributed by atoms with Gasteiger partial charge in [0.15, 0.2) is 5.96 Å². The molecule has 0 aliphatic heterocycles. The Labute approximate surface area is 144 Å². The molecule has 0 heterocycles. The van der Waals surface area contributed by atoms with Crippen molar-refractivity contribution in [1.29, 1.82) is 0 Å². The summed E-state index contributed by atoms with van der Waals surface area (Å²) in [6.45, 7) is 4.11. The molecule has 0 atom stereocenters. The summed E-state index contributed by atoms with van der Waals surface area (Å²) < 4.78 is 5.40. The van der Waals surface area contributed by atoms with Crippen molar-refractivity contribution in [3.05, 3.63) is 29.3 Å². The van der Waals surface area contributed by atoms with Crippen LogP contribution >= 0.6 is 0 Å². The van der Waals surface area contributed by atoms with Gasteiger partial charge in [0.05, 0.1) is 7.11 Å². The number of nitrogens with one attached hydrogen (secondary N) is 3. The third-order valence-electron chi connectivity index (χ3n) is 4.01. The number of ether oxygens (including phenoxy) is 1. The molecule has 1 aliphatic rings. The van der Waals surface area contributed by atoms with Gasteiger partial charge in [0.25, 0.3) is 0 Å². The predicted molar refractivity (Wildman–Crippen MR) is 96.5 cm³/mol. The molecule has 1 aromatic rings. The minimum absolute atomic E-state index is 0.172. The summed E-state index contributed by atoms with van der Waals surface area (Å²) in [5, 5.41) is 9.41. The van der Waals surface area contributed by atoms with E-state index in [-0.39, 0.29) is 11.8 Å². The Balaban J connectivity index is 1.67. The number of methoxy groups -OCH3 is 1. The second kappa shape index (κ2) is 9.15. The second-order valence-corrected chi connectivity index (χ2v) is 6.06. The van der Waals surface area contributed by atoms with Crippen LogP contribution in [0, 0.1) is 12.8 Å². The fourth-order valence-corrected chi connectivity index (χ4v) is 2.50. The monoisotopic (exact) mass is 332 g/mol. The maximum Gasteiger partial charge on any atom is 0.223 e. The molecule has 6 heteroatoms. The lowest BCUT2D eigenvalue weighted by Crippen LogP contribution is -2.42. The number of carbonyl (C=O) groups is 1. The third kappa shape index (κ3) is 5.76. The number of benzene rings is 1. The van der Waals surface area contributed by atoms with Crippen molar-refractivity contribution in [1.82, 2.24) is 16.0 Å². The first-order valence-electron chi connectivity index (χ1n) is 8.49. The average Bonchev–Trinajstić information content (AvgIpc) is 3.42. The number of guanidine groups is 1. The van der Waals surface area contributed by atoms with E-state index in [2.05, 4.69) is 33.9 Å². The molecule has 3 N–H and O–H groups in total. The van der Waals surface area contributed by atoms with Crippen molar-refractivity contribution in [3.63, 3.8) is 0 Å². The van der Waals surface area contributed by atoms with E-state index in [1.165, 1.54) is 11.1 Å². The highest BCUT2D eigenvalue weighted by molar-refractivity contribution is 5.81. The van der Waals surface area contributed by atoms with Crippen LogP contribution in [-0.2, 0) is 11.2 Å². The smallest absolute Gasteiger partial charge is 0.223 e. The fraction of sp³-hybridized carbons (Fsp3) is 0.556. The molecule has 1 fully saturated rings. The molecule has 2 rings (SSSR count). The maximum atomic E-state index is 11.5. The zero-order valence-corrected chi connectivity index (χ0v) is 14.8. The molecule has 0 unspecified atom stereocenters. The Morgan fingerprint density at radius 2 is 1.92 bits per heavy atom. The maximum absolute atomic E-state index is 11.5. The number of carbonyl (C=O) groups excluding carboxylic acids is 1. The lowest BCUT2D eigenvalue weighted by molar-refractivity contribution is -0.122. The molecule has 132 valence electrons. The third-order valence-corrected chi connectivity index (χ3v) is 4.01. The van der Waals surface area contributed by atoms with Crippen LogP contribution in [0.25, 0.3) is 0 Å². The van der Waals surface area contributed by atoms with E-state index in [1.807, 2.05) is 12.1 Å². The number of rotatable bonds is 8. The van der Waals surface area contributed by atoms with Crippen LogP contribution in [0.5, 0.6) is 5.75 Å². The summed E-state index contributed by atoms with van der Waals surface area (Å²) in [6, 6.07) is 6.19. The van der Waals surface area contributed by atoms with E-state index in [0.29, 0.717) is 13.1 Å². The normalized spacial score (nSPS) is 14.2. The largest absolute Gasteiger partial charge is 0.496 e. The van der Waals surface area contributed by atoms with Crippen LogP contribution in [0.4, 0.5) is 0 Å². The van der Waals surface area contributed by atoms with Gasteiger partial charge in [0.1, 0.15) is 5.75 Å². The van der Waals surface area contributed by atoms with Crippen molar-refractivity contribution in [2.45, 2.75) is 26.2 Å². The number of aliphatic imine (C=N–C) groups is 1. The standard InChI is InChI=1S/C18H28N4O2/c1-13-4-7-16(24-3)15(12-13)8-9-21-18(19-2)22-11-10-20-17(23)14-5-6-14/h4,7,12,14H,5-6,8-11H2,1-3H3,(H,20,23)(H2,19,21,22). The highest BCUT2D eigenvalue weighted by atomic mass is 16.5. The average molecular weight is 332 g/mol. The Morgan fingerprint density at radius 3 is 2.58 bits per heavy atom. The van der Waals surface area contributed by atoms with Crippen molar-refractivity contribution in [2.75, 3.05) is 33.8 Å². The summed E-state index contributed by atoms with van der Waals surface area (Å²) in [5.74, 6) is 2.08. The summed E-state index contributed by atoms with van der Waals surface area (Å²) in [6.07, 6.45) is 2.92. The zero-order valence-electron chi connectivity index (χ0n) is 14.8. The van der Waals surface area contributed by atoms with E-state index >= 15 is 0 Å². The van der Waals surface area contributed by atoms with Crippen molar-refractivity contribution >= 4 is 11.9 Å². The van der Waals surface area contributed by atoms with E-state index in [4.69, 9.17) is 4.74 Å². The Kier molecular flexibility index (Phi) is 6.90. The molecule has 0 spiro atoms. The van der Waals surface area contributed by atoms with Crippen LogP contribution < -0.4 is 20.7 Å². The Bertz CT molecular complexity index is 582. The van der Waals surface area contributed by atoms with Gasteiger partial charge < -0.3 is 20.7 Å². The van der Waals surface area contributed by atoms with Crippen LogP contribution in [0.3, 0.4) is 0 Å². The molecular weight excluding hydrogens is 304 g/mol. The highest BCUT2D eigenvalue weighted by Gasteiger charge is 2.28. The van der Waals surface area contributed by atoms with Crippen LogP contribution in [-0.4, -0.2) is 45.7 Å². The van der Waals surface area contributed by atoms with Crippen LogP contribution in [0.1, 0.15) is 24.0 Å². The van der Waals surface area contributed by atoms with Gasteiger partial charge in [-0.2, -0.15) is 0 Å². The quantitative estimate of drug-likeness (QED) is 0.380. The van der Waals surface area contributed by atoms with Crippen LogP contribution in [0.2, 0.25) is 0 Å². The molecule has 1 saturated carbocycles. The van der Waals surface area contributed by atoms with Gasteiger partial charge in [-0.1, -0.05) is 17.7 Å². The summed E-state index contributed by atoms with van der Waals surface area (Å²) in [5.41, 5.74) is 2.40. The minimum Gasteiger partial charge on any atom is -0.496 e. The van der Waals surface area contributed by atoms with Gasteiger partial charge in [-0.15, -0.1) is 0 Å². The topological polar surface area (TPSA) is 74.8 Å². The number of amides is 1. The molecular formula is C18H28N4O2. The van der Waals surface area contributed by atoms with E-state index < -0.39 is 0 Å². The van der Waals surface area contributed by atoms with Gasteiger partial charge >= 0.3 is 0 Å². The van der Waals surface area contributed by atoms with Gasteiger partial charge in [-0.05, 0) is 37.8 Å². The number of hydrogen-bond acceptors (Lipinski definition) is 3. The van der Waals surface area contributed by atoms with E-state index in [1.54, 1.807) is 14.2 Å². The highest BCUT2D eigenvalue weighted by Crippen LogP contribution is 2.28. The Morgan fingerprint density at radius 1 is 1.21 bits per heavy atom. The van der Waals surface area contributed by atoms with Crippen molar-refractivity contribution in [3.8, 4) is 5.75 Å². The summed E-state index contributed by atoms with van der Waals surface area (Å²) >= 11 is 0. The van der Waals surface area contributed by atoms with Crippen molar-refractivity contribution < 1.29 is 9.53 Å². The van der Waals surface area contributed by atoms with Gasteiger partial charge in [-0.25, -0.2) is 0 Å². The molecule has 0 radical (unpaired) electrons. The lowest BCUT2D eigenvalue weighted by Gasteiger charge is -2.14. The molecule has 1 amide bonds. The fourth-order valence-electron chi connectivity index (χ4n) is 2.50. The van der Waals surface area contributed by atoms with Crippen LogP contribution in [0.15, 0.2) is 23.2 Å². The van der Waals surface area contributed by atoms with Gasteiger partial charge in [0, 0.05) is 32.6 Å². The first-order valence-corrected chi connectivity index (χ1v) is 8.49. The van der Waals surface area contributed by atoms with Gasteiger partial charge in [-0.3, -0.25) is 9.79 Å². The Hall–Kier alpha value is -2.24. The summed E-state index contributed by atoms with van der Waals surface area (Å²) in [4.78, 5) is 15.7. The molecule has 0 saturated heterocycles. The van der Waals surface area contributed by atoms with Gasteiger partial charge in [0.2, 0.25) is 5.91 Å². The SMILES string of the molecule is CN=C(NCCNC(=O)C1CC1)NCCc1cc(C)ccc1OC. The molecule has 0 bridgehead atoms. The van der Waals surface area contributed by atoms with E-state index in [0.717, 1.165) is 37.5 Å². The molecule has 1 aromatic carbocycles. The first-order chi connectivity index (χ1) is 11.6. The predicted octanol–water partition coefficient (Wildman–Crippen LogP) is 1.24. The number of hydrogen-bond donors (Lipinski definition) is 3.